The lowest BCUT2D eigenvalue weighted by Gasteiger charge is -2.22. The van der Waals surface area contributed by atoms with E-state index < -0.39 is 5.60 Å². The van der Waals surface area contributed by atoms with Crippen LogP contribution in [0.15, 0.2) is 18.6 Å². The van der Waals surface area contributed by atoms with Gasteiger partial charge in [-0.25, -0.2) is 9.78 Å². The minimum atomic E-state index is -1.16. The molecule has 0 aliphatic rings. The predicted molar refractivity (Wildman–Crippen MR) is 89.4 cm³/mol. The highest BCUT2D eigenvalue weighted by molar-refractivity contribution is 7.11. The lowest BCUT2D eigenvalue weighted by atomic mass is 10.00. The van der Waals surface area contributed by atoms with Gasteiger partial charge in [-0.15, -0.1) is 11.3 Å². The summed E-state index contributed by atoms with van der Waals surface area (Å²) in [6, 6.07) is -0.304. The van der Waals surface area contributed by atoms with E-state index in [2.05, 4.69) is 27.6 Å². The Balaban J connectivity index is 1.72. The summed E-state index contributed by atoms with van der Waals surface area (Å²) >= 11 is 1.67. The largest absolute Gasteiger partial charge is 0.383 e. The molecule has 2 aromatic heterocycles. The Morgan fingerprint density at radius 1 is 1.43 bits per heavy atom. The van der Waals surface area contributed by atoms with Crippen LogP contribution in [0.4, 0.5) is 4.79 Å². The second kappa shape index (κ2) is 7.56. The van der Waals surface area contributed by atoms with E-state index in [0.29, 0.717) is 18.5 Å². The van der Waals surface area contributed by atoms with Gasteiger partial charge in [0.25, 0.3) is 0 Å². The van der Waals surface area contributed by atoms with E-state index in [1.165, 1.54) is 4.88 Å². The number of carbonyl (C=O) groups is 1. The van der Waals surface area contributed by atoms with Gasteiger partial charge in [0.2, 0.25) is 0 Å². The van der Waals surface area contributed by atoms with Crippen molar-refractivity contribution in [2.24, 2.45) is 7.05 Å². The third-order valence-electron chi connectivity index (χ3n) is 3.49. The van der Waals surface area contributed by atoms with E-state index in [1.54, 1.807) is 42.4 Å². The molecule has 3 N–H and O–H groups in total. The molecule has 0 bridgehead atoms. The van der Waals surface area contributed by atoms with E-state index >= 15 is 0 Å². The number of hydrogen-bond donors (Lipinski definition) is 3. The number of aliphatic hydroxyl groups is 1. The molecule has 0 aliphatic carbocycles. The average Bonchev–Trinajstić information content (AvgIpc) is 3.14. The monoisotopic (exact) mass is 337 g/mol. The molecule has 0 fully saturated rings. The van der Waals surface area contributed by atoms with Crippen LogP contribution in [0.2, 0.25) is 0 Å². The molecule has 0 radical (unpaired) electrons. The molecule has 0 aliphatic heterocycles. The van der Waals surface area contributed by atoms with E-state index in [1.807, 2.05) is 6.20 Å². The van der Waals surface area contributed by atoms with Gasteiger partial charge in [0.15, 0.2) is 0 Å². The van der Waals surface area contributed by atoms with Gasteiger partial charge in [-0.05, 0) is 13.3 Å². The fourth-order valence-corrected chi connectivity index (χ4v) is 2.89. The van der Waals surface area contributed by atoms with Crippen molar-refractivity contribution in [3.63, 3.8) is 0 Å². The normalized spacial score (nSPS) is 13.6. The molecule has 0 spiro atoms. The number of amides is 2. The molecular weight excluding hydrogens is 314 g/mol. The highest BCUT2D eigenvalue weighted by Gasteiger charge is 2.25. The summed E-state index contributed by atoms with van der Waals surface area (Å²) in [5, 5.41) is 20.9. The number of aryl methyl sites for hydroxylation is 2. The molecule has 23 heavy (non-hydrogen) atoms. The fraction of sp³-hybridized carbons (Fsp3) is 0.533. The summed E-state index contributed by atoms with van der Waals surface area (Å²) in [5.41, 5.74) is -0.494. The van der Waals surface area contributed by atoms with Crippen LogP contribution in [0, 0.1) is 0 Å². The molecular formula is C15H23N5O2S. The Hall–Kier alpha value is -1.93. The van der Waals surface area contributed by atoms with Crippen LogP contribution >= 0.6 is 11.3 Å². The molecule has 2 heterocycles. The summed E-state index contributed by atoms with van der Waals surface area (Å²) in [7, 11) is 1.78. The van der Waals surface area contributed by atoms with Gasteiger partial charge in [0.1, 0.15) is 5.60 Å². The maximum Gasteiger partial charge on any atom is 0.314 e. The Morgan fingerprint density at radius 3 is 2.83 bits per heavy atom. The van der Waals surface area contributed by atoms with E-state index in [4.69, 9.17) is 0 Å². The Kier molecular flexibility index (Phi) is 5.73. The van der Waals surface area contributed by atoms with E-state index in [9.17, 15) is 9.90 Å². The standard InChI is InChI=1S/C15H23N5O2S/c1-4-12-8-17-13(23-12)5-6-16-14(21)18-10-15(2,22)11-7-19-20(3)9-11/h7-9,22H,4-6,10H2,1-3H3,(H2,16,18,21). The Bertz CT molecular complexity index is 650. The van der Waals surface area contributed by atoms with Crippen molar-refractivity contribution in [3.8, 4) is 0 Å². The number of urea groups is 1. The summed E-state index contributed by atoms with van der Waals surface area (Å²) in [6.07, 6.45) is 6.89. The van der Waals surface area contributed by atoms with Gasteiger partial charge in [-0.3, -0.25) is 4.68 Å². The zero-order chi connectivity index (χ0) is 16.9. The second-order valence-corrected chi connectivity index (χ2v) is 6.81. The summed E-state index contributed by atoms with van der Waals surface area (Å²) in [5.74, 6) is 0. The fourth-order valence-electron chi connectivity index (χ4n) is 2.03. The lowest BCUT2D eigenvalue weighted by Crippen LogP contribution is -2.43. The Morgan fingerprint density at radius 2 is 2.22 bits per heavy atom. The van der Waals surface area contributed by atoms with Crippen molar-refractivity contribution < 1.29 is 9.90 Å². The number of nitrogens with zero attached hydrogens (tertiary/aromatic N) is 3. The van der Waals surface area contributed by atoms with Crippen molar-refractivity contribution >= 4 is 17.4 Å². The van der Waals surface area contributed by atoms with Crippen molar-refractivity contribution in [1.29, 1.82) is 0 Å². The molecule has 126 valence electrons. The van der Waals surface area contributed by atoms with E-state index in [0.717, 1.165) is 11.4 Å². The van der Waals surface area contributed by atoms with Gasteiger partial charge in [0, 0.05) is 42.8 Å². The first-order valence-electron chi connectivity index (χ1n) is 7.57. The molecule has 0 saturated carbocycles. The maximum absolute atomic E-state index is 11.8. The van der Waals surface area contributed by atoms with Crippen molar-refractivity contribution in [2.45, 2.75) is 32.3 Å². The number of thiazole rings is 1. The minimum absolute atomic E-state index is 0.113. The number of carbonyl (C=O) groups excluding carboxylic acids is 1. The molecule has 1 unspecified atom stereocenters. The molecule has 2 aromatic rings. The zero-order valence-electron chi connectivity index (χ0n) is 13.7. The molecule has 8 heteroatoms. The zero-order valence-corrected chi connectivity index (χ0v) is 14.5. The SMILES string of the molecule is CCc1cnc(CCNC(=O)NCC(C)(O)c2cnn(C)c2)s1. The number of rotatable bonds is 7. The van der Waals surface area contributed by atoms with Gasteiger partial charge < -0.3 is 15.7 Å². The third-order valence-corrected chi connectivity index (χ3v) is 4.70. The molecule has 1 atom stereocenters. The third kappa shape index (κ3) is 5.04. The van der Waals surface area contributed by atoms with Crippen LogP contribution in [-0.4, -0.2) is 39.0 Å². The topological polar surface area (TPSA) is 92.1 Å². The lowest BCUT2D eigenvalue weighted by molar-refractivity contribution is 0.0593. The predicted octanol–water partition coefficient (Wildman–Crippen LogP) is 1.19. The van der Waals surface area contributed by atoms with Crippen LogP contribution < -0.4 is 10.6 Å². The van der Waals surface area contributed by atoms with Crippen molar-refractivity contribution in [2.75, 3.05) is 13.1 Å². The summed E-state index contributed by atoms with van der Waals surface area (Å²) in [6.45, 7) is 4.36. The molecule has 7 nitrogen and oxygen atoms in total. The highest BCUT2D eigenvalue weighted by atomic mass is 32.1. The minimum Gasteiger partial charge on any atom is -0.383 e. The molecule has 0 aromatic carbocycles. The van der Waals surface area contributed by atoms with Crippen LogP contribution in [0.3, 0.4) is 0 Å². The van der Waals surface area contributed by atoms with Gasteiger partial charge >= 0.3 is 6.03 Å². The second-order valence-electron chi connectivity index (χ2n) is 5.61. The smallest absolute Gasteiger partial charge is 0.314 e. The first kappa shape index (κ1) is 17.4. The van der Waals surface area contributed by atoms with E-state index in [-0.39, 0.29) is 12.6 Å². The Labute approximate surface area is 139 Å². The first-order chi connectivity index (χ1) is 10.9. The first-order valence-corrected chi connectivity index (χ1v) is 8.39. The summed E-state index contributed by atoms with van der Waals surface area (Å²) in [4.78, 5) is 17.4. The van der Waals surface area contributed by atoms with Crippen molar-refractivity contribution in [1.82, 2.24) is 25.4 Å². The average molecular weight is 337 g/mol. The van der Waals surface area contributed by atoms with Crippen LogP contribution in [0.5, 0.6) is 0 Å². The van der Waals surface area contributed by atoms with Crippen LogP contribution in [0.25, 0.3) is 0 Å². The maximum atomic E-state index is 11.8. The number of aromatic nitrogens is 3. The number of nitrogens with one attached hydrogen (secondary N) is 2. The van der Waals surface area contributed by atoms with Crippen LogP contribution in [-0.2, 0) is 25.5 Å². The number of hydrogen-bond acceptors (Lipinski definition) is 5. The highest BCUT2D eigenvalue weighted by Crippen LogP contribution is 2.18. The van der Waals surface area contributed by atoms with Crippen molar-refractivity contribution in [3.05, 3.63) is 34.0 Å². The van der Waals surface area contributed by atoms with Crippen LogP contribution in [0.1, 0.15) is 29.3 Å². The quantitative estimate of drug-likeness (QED) is 0.708. The van der Waals surface area contributed by atoms with Gasteiger partial charge in [0.05, 0.1) is 17.7 Å². The van der Waals surface area contributed by atoms with Gasteiger partial charge in [-0.2, -0.15) is 5.10 Å². The summed E-state index contributed by atoms with van der Waals surface area (Å²) < 4.78 is 1.61. The molecule has 0 saturated heterocycles. The molecule has 2 amide bonds. The van der Waals surface area contributed by atoms with Gasteiger partial charge in [-0.1, -0.05) is 6.92 Å². The molecule has 2 rings (SSSR count).